The number of carbonyl (C=O) groups excluding carboxylic acids is 2. The third-order valence-electron chi connectivity index (χ3n) is 8.15. The van der Waals surface area contributed by atoms with Crippen molar-refractivity contribution in [2.24, 2.45) is 5.41 Å². The lowest BCUT2D eigenvalue weighted by molar-refractivity contribution is -0.139. The monoisotopic (exact) mass is 616 g/mol. The van der Waals surface area contributed by atoms with Crippen molar-refractivity contribution in [3.63, 3.8) is 0 Å². The van der Waals surface area contributed by atoms with Gasteiger partial charge in [0.2, 0.25) is 11.8 Å². The number of ether oxygens (including phenoxy) is 2. The van der Waals surface area contributed by atoms with Crippen LogP contribution in [-0.2, 0) is 6.18 Å². The van der Waals surface area contributed by atoms with Gasteiger partial charge in [0, 0.05) is 25.4 Å². The molecule has 0 bridgehead atoms. The van der Waals surface area contributed by atoms with Crippen LogP contribution in [0.25, 0.3) is 0 Å². The molecule has 1 aliphatic heterocycles. The molecule has 2 fully saturated rings. The zero-order valence-electron chi connectivity index (χ0n) is 24.3. The first-order valence-electron chi connectivity index (χ1n) is 14.0. The minimum atomic E-state index is -4.89. The lowest BCUT2D eigenvalue weighted by Gasteiger charge is -2.52. The first-order chi connectivity index (χ1) is 20.9. The van der Waals surface area contributed by atoms with Gasteiger partial charge in [-0.25, -0.2) is 9.37 Å². The summed E-state index contributed by atoms with van der Waals surface area (Å²) in [5.74, 6) is -3.44. The number of likely N-dealkylation sites (tertiary alicyclic amines) is 1. The highest BCUT2D eigenvalue weighted by molar-refractivity contribution is 5.97. The second kappa shape index (κ2) is 12.3. The molecular formula is C30H32F4N6O4. The molecule has 14 heteroatoms. The smallest absolute Gasteiger partial charge is 0.423 e. The summed E-state index contributed by atoms with van der Waals surface area (Å²) in [4.78, 5) is 35.1. The van der Waals surface area contributed by atoms with Gasteiger partial charge in [0.1, 0.15) is 22.9 Å². The van der Waals surface area contributed by atoms with E-state index in [2.05, 4.69) is 37.9 Å². The normalized spacial score (nSPS) is 16.6. The minimum Gasteiger partial charge on any atom is -0.495 e. The Kier molecular flexibility index (Phi) is 8.64. The van der Waals surface area contributed by atoms with E-state index in [1.165, 1.54) is 44.5 Å². The fourth-order valence-corrected chi connectivity index (χ4v) is 5.65. The van der Waals surface area contributed by atoms with E-state index in [1.54, 1.807) is 0 Å². The molecule has 2 heterocycles. The Hall–Kier alpha value is -4.46. The Morgan fingerprint density at radius 2 is 1.75 bits per heavy atom. The number of benzene rings is 2. The second-order valence-electron chi connectivity index (χ2n) is 11.1. The summed E-state index contributed by atoms with van der Waals surface area (Å²) in [6.07, 6.45) is -0.562. The predicted molar refractivity (Wildman–Crippen MR) is 153 cm³/mol. The minimum absolute atomic E-state index is 0.0164. The van der Waals surface area contributed by atoms with Gasteiger partial charge in [-0.15, -0.1) is 0 Å². The van der Waals surface area contributed by atoms with Crippen LogP contribution in [0.2, 0.25) is 0 Å². The third kappa shape index (κ3) is 6.54. The third-order valence-corrected chi connectivity index (χ3v) is 8.15. The van der Waals surface area contributed by atoms with E-state index in [0.717, 1.165) is 44.8 Å². The Balaban J connectivity index is 1.35. The van der Waals surface area contributed by atoms with Gasteiger partial charge in [0.15, 0.2) is 0 Å². The van der Waals surface area contributed by atoms with E-state index in [-0.39, 0.29) is 45.7 Å². The molecule has 2 aliphatic rings. The van der Waals surface area contributed by atoms with Gasteiger partial charge in [0.25, 0.3) is 11.8 Å². The summed E-state index contributed by atoms with van der Waals surface area (Å²) in [6, 6.07) is 7.84. The van der Waals surface area contributed by atoms with Crippen LogP contribution in [-0.4, -0.2) is 67.0 Å². The molecule has 3 N–H and O–H groups in total. The van der Waals surface area contributed by atoms with E-state index in [0.29, 0.717) is 6.20 Å². The van der Waals surface area contributed by atoms with E-state index < -0.39 is 35.3 Å². The summed E-state index contributed by atoms with van der Waals surface area (Å²) in [6.45, 7) is 2.03. The molecule has 44 heavy (non-hydrogen) atoms. The van der Waals surface area contributed by atoms with Crippen molar-refractivity contribution in [2.45, 2.75) is 37.9 Å². The number of anilines is 2. The average molecular weight is 617 g/mol. The Morgan fingerprint density at radius 3 is 2.41 bits per heavy atom. The predicted octanol–water partition coefficient (Wildman–Crippen LogP) is 5.14. The fourth-order valence-electron chi connectivity index (χ4n) is 5.65. The van der Waals surface area contributed by atoms with Crippen LogP contribution < -0.4 is 25.4 Å². The number of amides is 2. The molecule has 3 aromatic rings. The molecular weight excluding hydrogens is 584 g/mol. The van der Waals surface area contributed by atoms with Gasteiger partial charge in [0.05, 0.1) is 23.9 Å². The number of methoxy groups -OCH3 is 1. The lowest BCUT2D eigenvalue weighted by Crippen LogP contribution is -2.54. The summed E-state index contributed by atoms with van der Waals surface area (Å²) >= 11 is 0. The highest BCUT2D eigenvalue weighted by atomic mass is 19.4. The summed E-state index contributed by atoms with van der Waals surface area (Å²) < 4.78 is 67.4. The van der Waals surface area contributed by atoms with Crippen LogP contribution in [0.4, 0.5) is 29.2 Å². The largest absolute Gasteiger partial charge is 0.495 e. The molecule has 234 valence electrons. The number of nitrogens with one attached hydrogen (secondary N) is 3. The molecule has 0 radical (unpaired) electrons. The topological polar surface area (TPSA) is 118 Å². The van der Waals surface area contributed by atoms with Gasteiger partial charge in [-0.3, -0.25) is 9.59 Å². The molecule has 1 aliphatic carbocycles. The first-order valence-corrected chi connectivity index (χ1v) is 14.0. The van der Waals surface area contributed by atoms with Crippen molar-refractivity contribution in [1.29, 1.82) is 0 Å². The number of piperidine rings is 1. The van der Waals surface area contributed by atoms with Crippen molar-refractivity contribution in [2.75, 3.05) is 39.6 Å². The Bertz CT molecular complexity index is 1550. The number of halogens is 4. The maximum Gasteiger partial charge on any atom is 0.423 e. The van der Waals surface area contributed by atoms with Crippen LogP contribution >= 0.6 is 0 Å². The van der Waals surface area contributed by atoms with Crippen LogP contribution in [0.15, 0.2) is 42.6 Å². The van der Waals surface area contributed by atoms with Gasteiger partial charge < -0.3 is 30.3 Å². The standard InChI is InChI=1S/C30H32F4N6O4/c1-35-25(41)18-6-4-5-7-23(18)44-27-20(30(32,33)34)16-36-28(39-27)38-22-13-21(31)19(12-24(22)43-3)26(42)37-17-14-29(15-17)8-10-40(2)11-9-29/h4-7,12-13,16-17H,8-11,14-15H2,1-3H3,(H,35,41)(H,37,42)(H,36,38,39). The average Bonchev–Trinajstić information content (AvgIpc) is 2.97. The van der Waals surface area contributed by atoms with E-state index in [4.69, 9.17) is 9.47 Å². The first kappa shape index (κ1) is 31.0. The van der Waals surface area contributed by atoms with Crippen LogP contribution in [0.3, 0.4) is 0 Å². The highest BCUT2D eigenvalue weighted by Gasteiger charge is 2.46. The number of nitrogens with zero attached hydrogens (tertiary/aromatic N) is 3. The number of hydrogen-bond acceptors (Lipinski definition) is 8. The van der Waals surface area contributed by atoms with Gasteiger partial charge in [-0.2, -0.15) is 18.2 Å². The molecule has 0 atom stereocenters. The number of alkyl halides is 3. The molecule has 1 spiro atoms. The van der Waals surface area contributed by atoms with Crippen LogP contribution in [0.1, 0.15) is 52.0 Å². The molecule has 0 unspecified atom stereocenters. The SMILES string of the molecule is CNC(=O)c1ccccc1Oc1nc(Nc2cc(F)c(C(=O)NC3CC4(CCN(C)CC4)C3)cc2OC)ncc1C(F)(F)F. The molecule has 1 saturated heterocycles. The molecule has 2 aromatic carbocycles. The van der Waals surface area contributed by atoms with Crippen molar-refractivity contribution in [3.05, 3.63) is 65.1 Å². The zero-order valence-corrected chi connectivity index (χ0v) is 24.3. The Labute approximate surface area is 251 Å². The number of carbonyl (C=O) groups is 2. The van der Waals surface area contributed by atoms with Crippen molar-refractivity contribution < 1.29 is 36.6 Å². The molecule has 2 amide bonds. The number of rotatable bonds is 8. The van der Waals surface area contributed by atoms with Gasteiger partial charge in [-0.1, -0.05) is 12.1 Å². The van der Waals surface area contributed by atoms with Gasteiger partial charge in [-0.05, 0) is 69.4 Å². The quantitative estimate of drug-likeness (QED) is 0.298. The van der Waals surface area contributed by atoms with Crippen molar-refractivity contribution in [3.8, 4) is 17.4 Å². The molecule has 10 nitrogen and oxygen atoms in total. The fraction of sp³-hybridized carbons (Fsp3) is 0.400. The number of para-hydroxylation sites is 1. The van der Waals surface area contributed by atoms with E-state index >= 15 is 4.39 Å². The summed E-state index contributed by atoms with van der Waals surface area (Å²) in [5, 5.41) is 7.93. The summed E-state index contributed by atoms with van der Waals surface area (Å²) in [7, 11) is 4.76. The number of aromatic nitrogens is 2. The lowest BCUT2D eigenvalue weighted by atomic mass is 9.60. The van der Waals surface area contributed by atoms with E-state index in [9.17, 15) is 22.8 Å². The Morgan fingerprint density at radius 1 is 1.05 bits per heavy atom. The van der Waals surface area contributed by atoms with Gasteiger partial charge >= 0.3 is 6.18 Å². The second-order valence-corrected chi connectivity index (χ2v) is 11.1. The highest BCUT2D eigenvalue weighted by Crippen LogP contribution is 2.49. The summed E-state index contributed by atoms with van der Waals surface area (Å²) in [5.41, 5.74) is -1.36. The maximum absolute atomic E-state index is 15.2. The molecule has 1 aromatic heterocycles. The van der Waals surface area contributed by atoms with Crippen LogP contribution in [0.5, 0.6) is 17.4 Å². The maximum atomic E-state index is 15.2. The van der Waals surface area contributed by atoms with Crippen molar-refractivity contribution >= 4 is 23.5 Å². The number of hydrogen-bond donors (Lipinski definition) is 3. The van der Waals surface area contributed by atoms with Crippen LogP contribution in [0, 0.1) is 11.2 Å². The zero-order chi connectivity index (χ0) is 31.6. The van der Waals surface area contributed by atoms with Crippen molar-refractivity contribution in [1.82, 2.24) is 25.5 Å². The van der Waals surface area contributed by atoms with E-state index in [1.807, 2.05) is 0 Å². The molecule has 1 saturated carbocycles. The molecule has 5 rings (SSSR count).